The van der Waals surface area contributed by atoms with Gasteiger partial charge < -0.3 is 24.5 Å². The Labute approximate surface area is 353 Å². The van der Waals surface area contributed by atoms with Gasteiger partial charge in [-0.3, -0.25) is 14.6 Å². The maximum absolute atomic E-state index is 14.4. The van der Waals surface area contributed by atoms with E-state index in [-0.39, 0.29) is 24.0 Å². The molecule has 4 aliphatic rings. The third-order valence-electron chi connectivity index (χ3n) is 13.3. The van der Waals surface area contributed by atoms with Crippen molar-refractivity contribution >= 4 is 11.6 Å². The van der Waals surface area contributed by atoms with E-state index in [4.69, 9.17) is 14.7 Å². The van der Waals surface area contributed by atoms with Crippen LogP contribution in [-0.2, 0) is 16.1 Å². The van der Waals surface area contributed by atoms with E-state index in [0.717, 1.165) is 136 Å². The van der Waals surface area contributed by atoms with E-state index in [1.807, 2.05) is 18.5 Å². The summed E-state index contributed by atoms with van der Waals surface area (Å²) in [5, 5.41) is 0. The quantitative estimate of drug-likeness (QED) is 0.135. The van der Waals surface area contributed by atoms with E-state index in [0.29, 0.717) is 0 Å². The first-order chi connectivity index (χ1) is 29.6. The summed E-state index contributed by atoms with van der Waals surface area (Å²) >= 11 is 0. The first-order valence-electron chi connectivity index (χ1n) is 22.2. The number of aromatic nitrogens is 4. The number of imidazole rings is 2. The van der Waals surface area contributed by atoms with Gasteiger partial charge in [-0.25, -0.2) is 9.97 Å². The van der Waals surface area contributed by atoms with Gasteiger partial charge in [0.2, 0.25) is 5.91 Å². The number of nitrogens with zero attached hydrogens (tertiary/aromatic N) is 6. The highest BCUT2D eigenvalue weighted by Gasteiger charge is 2.39. The molecule has 6 aromatic rings. The van der Waals surface area contributed by atoms with Gasteiger partial charge >= 0.3 is 0 Å². The fraction of sp³-hybridized carbons (Fsp3) is 0.380. The van der Waals surface area contributed by atoms with Crippen LogP contribution in [0.4, 0.5) is 5.69 Å². The van der Waals surface area contributed by atoms with Crippen molar-refractivity contribution in [2.24, 2.45) is 0 Å². The Morgan fingerprint density at radius 1 is 0.617 bits per heavy atom. The van der Waals surface area contributed by atoms with E-state index in [2.05, 4.69) is 127 Å². The third kappa shape index (κ3) is 8.16. The number of nitrogens with one attached hydrogen (secondary N) is 2. The third-order valence-corrected chi connectivity index (χ3v) is 13.3. The minimum absolute atomic E-state index is 0.0490. The van der Waals surface area contributed by atoms with E-state index < -0.39 is 0 Å². The number of anilines is 1. The average molecular weight is 801 g/mol. The molecule has 10 rings (SSSR count). The van der Waals surface area contributed by atoms with Crippen LogP contribution < -0.4 is 4.90 Å². The number of amides is 1. The summed E-state index contributed by atoms with van der Waals surface area (Å²) in [7, 11) is 0. The van der Waals surface area contributed by atoms with Crippen molar-refractivity contribution < 1.29 is 9.53 Å². The van der Waals surface area contributed by atoms with Crippen LogP contribution in [0.1, 0.15) is 85.8 Å². The molecule has 0 radical (unpaired) electrons. The van der Waals surface area contributed by atoms with Gasteiger partial charge in [-0.1, -0.05) is 97.4 Å². The van der Waals surface area contributed by atoms with Crippen LogP contribution in [-0.4, -0.2) is 93.0 Å². The number of hydrogen-bond donors (Lipinski definition) is 2. The molecule has 2 N–H and O–H groups in total. The molecule has 4 fully saturated rings. The minimum atomic E-state index is -0.246. The second-order valence-corrected chi connectivity index (χ2v) is 17.0. The Hall–Kier alpha value is -5.55. The monoisotopic (exact) mass is 800 g/mol. The molecule has 2 aromatic heterocycles. The number of benzene rings is 4. The second kappa shape index (κ2) is 17.6. The number of carbonyl (C=O) groups is 1. The Bertz CT molecular complexity index is 2330. The zero-order chi connectivity index (χ0) is 40.3. The number of rotatable bonds is 11. The molecule has 6 heterocycles. The van der Waals surface area contributed by atoms with Crippen LogP contribution >= 0.6 is 0 Å². The van der Waals surface area contributed by atoms with Gasteiger partial charge in [-0.2, -0.15) is 0 Å². The molecule has 10 heteroatoms. The molecule has 4 aromatic carbocycles. The van der Waals surface area contributed by atoms with Gasteiger partial charge in [0.15, 0.2) is 0 Å². The number of carbonyl (C=O) groups excluding carboxylic acids is 1. The fourth-order valence-electron chi connectivity index (χ4n) is 9.98. The van der Waals surface area contributed by atoms with Crippen molar-refractivity contribution in [3.8, 4) is 33.6 Å². The summed E-state index contributed by atoms with van der Waals surface area (Å²) in [6, 6.07) is 36.9. The van der Waals surface area contributed by atoms with E-state index >= 15 is 0 Å². The zero-order valence-corrected chi connectivity index (χ0v) is 34.5. The van der Waals surface area contributed by atoms with Crippen molar-refractivity contribution in [2.45, 2.75) is 69.6 Å². The highest BCUT2D eigenvalue weighted by Crippen LogP contribution is 2.37. The number of morpholine rings is 1. The Kier molecular flexibility index (Phi) is 11.3. The lowest BCUT2D eigenvalue weighted by molar-refractivity contribution is -0.139. The normalized spacial score (nSPS) is 20.8. The number of H-pyrrole nitrogens is 2. The standard InChI is InChI=1S/C50H56N8O2/c59-50(47(41-9-3-1-4-10-41)56-25-5-2-6-26-56)58-28-8-12-46(58)49-52-34-44(54-49)40-21-17-38(18-22-40)37-15-19-39(20-16-37)43-33-51-48(53-43)45-11-7-27-57(45)35-36-13-23-42(24-14-36)55-29-31-60-32-30-55/h1,3-4,9-10,13-24,33-34,45-47H,2,5-8,11-12,25-32,35H2,(H,51,53)(H,52,54)/t45-,46-,47+/m0/s1. The van der Waals surface area contributed by atoms with E-state index in [1.165, 1.54) is 29.7 Å². The van der Waals surface area contributed by atoms with Crippen molar-refractivity contribution in [1.82, 2.24) is 34.6 Å². The summed E-state index contributed by atoms with van der Waals surface area (Å²) in [4.78, 5) is 40.9. The van der Waals surface area contributed by atoms with Crippen molar-refractivity contribution in [3.05, 3.63) is 138 Å². The topological polar surface area (TPSA) is 96.6 Å². The molecular weight excluding hydrogens is 745 g/mol. The van der Waals surface area contributed by atoms with E-state index in [9.17, 15) is 4.79 Å². The summed E-state index contributed by atoms with van der Waals surface area (Å²) in [6.07, 6.45) is 11.6. The lowest BCUT2D eigenvalue weighted by Gasteiger charge is -2.37. The lowest BCUT2D eigenvalue weighted by Crippen LogP contribution is -2.44. The maximum atomic E-state index is 14.4. The Morgan fingerprint density at radius 3 is 1.85 bits per heavy atom. The number of piperidine rings is 1. The molecule has 4 saturated heterocycles. The predicted molar refractivity (Wildman–Crippen MR) is 237 cm³/mol. The van der Waals surface area contributed by atoms with E-state index in [1.54, 1.807) is 0 Å². The van der Waals surface area contributed by atoms with Gasteiger partial charge in [-0.15, -0.1) is 0 Å². The van der Waals surface area contributed by atoms with Crippen molar-refractivity contribution in [2.75, 3.05) is 57.4 Å². The van der Waals surface area contributed by atoms with Crippen molar-refractivity contribution in [1.29, 1.82) is 0 Å². The summed E-state index contributed by atoms with van der Waals surface area (Å²) < 4.78 is 5.53. The molecule has 1 amide bonds. The smallest absolute Gasteiger partial charge is 0.245 e. The Balaban J connectivity index is 0.778. The SMILES string of the molecule is O=C([C@@H](c1ccccc1)N1CCCCC1)N1CCC[C@H]1c1ncc(-c2ccc(-c3ccc(-c4cnc([C@@H]5CCCN5Cc5ccc(N6CCOCC6)cc5)[nH]4)cc3)cc2)[nH]1. The van der Waals surface area contributed by atoms with Crippen LogP contribution in [0, 0.1) is 0 Å². The molecular formula is C50H56N8O2. The molecule has 60 heavy (non-hydrogen) atoms. The molecule has 0 aliphatic carbocycles. The van der Waals surface area contributed by atoms with Crippen LogP contribution in [0.2, 0.25) is 0 Å². The number of likely N-dealkylation sites (tertiary alicyclic amines) is 3. The molecule has 0 spiro atoms. The van der Waals surface area contributed by atoms with Gasteiger partial charge in [-0.05, 0) is 104 Å². The molecule has 4 aliphatic heterocycles. The minimum Gasteiger partial charge on any atom is -0.378 e. The summed E-state index contributed by atoms with van der Waals surface area (Å²) in [5.74, 6) is 2.12. The van der Waals surface area contributed by atoms with Gasteiger partial charge in [0.05, 0.1) is 49.1 Å². The highest BCUT2D eigenvalue weighted by molar-refractivity contribution is 5.84. The number of ether oxygens (including phenoxy) is 1. The average Bonchev–Trinajstić information content (AvgIpc) is 4.16. The first kappa shape index (κ1) is 38.6. The zero-order valence-electron chi connectivity index (χ0n) is 34.5. The summed E-state index contributed by atoms with van der Waals surface area (Å²) in [5.41, 5.74) is 10.3. The largest absolute Gasteiger partial charge is 0.378 e. The highest BCUT2D eigenvalue weighted by atomic mass is 16.5. The first-order valence-corrected chi connectivity index (χ1v) is 22.2. The predicted octanol–water partition coefficient (Wildman–Crippen LogP) is 9.20. The van der Waals surface area contributed by atoms with Gasteiger partial charge in [0, 0.05) is 31.9 Å². The molecule has 3 atom stereocenters. The number of aromatic amines is 2. The number of hydrogen-bond acceptors (Lipinski definition) is 7. The molecule has 308 valence electrons. The van der Waals surface area contributed by atoms with Crippen LogP contribution in [0.5, 0.6) is 0 Å². The van der Waals surface area contributed by atoms with Gasteiger partial charge in [0.25, 0.3) is 0 Å². The molecule has 0 saturated carbocycles. The lowest BCUT2D eigenvalue weighted by atomic mass is 10.00. The second-order valence-electron chi connectivity index (χ2n) is 17.0. The Morgan fingerprint density at radius 2 is 1.20 bits per heavy atom. The fourth-order valence-corrected chi connectivity index (χ4v) is 9.98. The maximum Gasteiger partial charge on any atom is 0.245 e. The molecule has 10 nitrogen and oxygen atoms in total. The molecule has 0 bridgehead atoms. The summed E-state index contributed by atoms with van der Waals surface area (Å²) in [6.45, 7) is 8.22. The van der Waals surface area contributed by atoms with Crippen LogP contribution in [0.3, 0.4) is 0 Å². The van der Waals surface area contributed by atoms with Crippen LogP contribution in [0.25, 0.3) is 33.6 Å². The molecule has 0 unspecified atom stereocenters. The van der Waals surface area contributed by atoms with Crippen molar-refractivity contribution in [3.63, 3.8) is 0 Å². The van der Waals surface area contributed by atoms with Gasteiger partial charge in [0.1, 0.15) is 17.7 Å². The van der Waals surface area contributed by atoms with Crippen LogP contribution in [0.15, 0.2) is 116 Å².